The van der Waals surface area contributed by atoms with Crippen molar-refractivity contribution in [3.05, 3.63) is 28.2 Å². The number of nitrogens with one attached hydrogen (secondary N) is 1. The van der Waals surface area contributed by atoms with Gasteiger partial charge in [-0.25, -0.2) is 0 Å². The van der Waals surface area contributed by atoms with Crippen LogP contribution in [-0.2, 0) is 0 Å². The summed E-state index contributed by atoms with van der Waals surface area (Å²) in [6, 6.07) is 5.46. The molecule has 0 heterocycles. The third kappa shape index (κ3) is 2.39. The SMILES string of the molecule is O[C@@H]1CCC[C@H]1Nc1c(Cl)cccc1Cl. The number of aliphatic hydroxyl groups is 1. The van der Waals surface area contributed by atoms with E-state index in [1.54, 1.807) is 18.2 Å². The number of hydrogen-bond donors (Lipinski definition) is 2. The first kappa shape index (κ1) is 11.1. The van der Waals surface area contributed by atoms with Gasteiger partial charge in [0.2, 0.25) is 0 Å². The molecule has 0 amide bonds. The van der Waals surface area contributed by atoms with E-state index in [1.807, 2.05) is 0 Å². The highest BCUT2D eigenvalue weighted by molar-refractivity contribution is 6.39. The predicted molar refractivity (Wildman–Crippen MR) is 63.7 cm³/mol. The van der Waals surface area contributed by atoms with Crippen LogP contribution in [0.15, 0.2) is 18.2 Å². The fourth-order valence-electron chi connectivity index (χ4n) is 1.93. The molecule has 0 aliphatic heterocycles. The Hall–Kier alpha value is -0.440. The van der Waals surface area contributed by atoms with E-state index < -0.39 is 0 Å². The summed E-state index contributed by atoms with van der Waals surface area (Å²) in [5, 5.41) is 14.1. The maximum atomic E-state index is 9.68. The van der Waals surface area contributed by atoms with Gasteiger partial charge in [-0.05, 0) is 31.4 Å². The van der Waals surface area contributed by atoms with Crippen LogP contribution in [0.25, 0.3) is 0 Å². The molecule has 0 spiro atoms. The summed E-state index contributed by atoms with van der Waals surface area (Å²) >= 11 is 12.1. The Kier molecular flexibility index (Phi) is 3.39. The second-order valence-electron chi connectivity index (χ2n) is 3.85. The first-order valence-corrected chi connectivity index (χ1v) is 5.82. The molecule has 0 bridgehead atoms. The standard InChI is InChI=1S/C11H13Cl2NO/c12-7-3-1-4-8(13)11(7)14-9-5-2-6-10(9)15/h1,3-4,9-10,14-15H,2,5-6H2/t9-,10-/m1/s1. The summed E-state index contributed by atoms with van der Waals surface area (Å²) in [5.74, 6) is 0. The third-order valence-electron chi connectivity index (χ3n) is 2.77. The molecule has 1 aromatic rings. The van der Waals surface area contributed by atoms with Gasteiger partial charge in [0.25, 0.3) is 0 Å². The van der Waals surface area contributed by atoms with Crippen molar-refractivity contribution < 1.29 is 5.11 Å². The molecule has 1 aromatic carbocycles. The first-order chi connectivity index (χ1) is 7.18. The van der Waals surface area contributed by atoms with E-state index in [1.165, 1.54) is 0 Å². The zero-order valence-corrected chi connectivity index (χ0v) is 9.72. The van der Waals surface area contributed by atoms with E-state index >= 15 is 0 Å². The highest BCUT2D eigenvalue weighted by Crippen LogP contribution is 2.33. The van der Waals surface area contributed by atoms with E-state index in [0.717, 1.165) is 24.9 Å². The Morgan fingerprint density at radius 3 is 2.40 bits per heavy atom. The van der Waals surface area contributed by atoms with E-state index in [-0.39, 0.29) is 12.1 Å². The maximum Gasteiger partial charge on any atom is 0.0741 e. The minimum atomic E-state index is -0.294. The molecule has 1 aliphatic carbocycles. The Labute approximate surface area is 99.2 Å². The Morgan fingerprint density at radius 1 is 1.20 bits per heavy atom. The molecule has 2 rings (SSSR count). The van der Waals surface area contributed by atoms with Gasteiger partial charge in [-0.2, -0.15) is 0 Å². The van der Waals surface area contributed by atoms with Crippen molar-refractivity contribution in [3.63, 3.8) is 0 Å². The van der Waals surface area contributed by atoms with E-state index in [4.69, 9.17) is 23.2 Å². The highest BCUT2D eigenvalue weighted by atomic mass is 35.5. The number of para-hydroxylation sites is 1. The van der Waals surface area contributed by atoms with Gasteiger partial charge >= 0.3 is 0 Å². The van der Waals surface area contributed by atoms with Crippen molar-refractivity contribution in [2.75, 3.05) is 5.32 Å². The molecule has 0 radical (unpaired) electrons. The molecule has 1 fully saturated rings. The van der Waals surface area contributed by atoms with Crippen LogP contribution in [0.5, 0.6) is 0 Å². The smallest absolute Gasteiger partial charge is 0.0741 e. The van der Waals surface area contributed by atoms with Crippen molar-refractivity contribution in [2.45, 2.75) is 31.4 Å². The fraction of sp³-hybridized carbons (Fsp3) is 0.455. The average molecular weight is 246 g/mol. The van der Waals surface area contributed by atoms with E-state index in [0.29, 0.717) is 10.0 Å². The summed E-state index contributed by atoms with van der Waals surface area (Å²) in [7, 11) is 0. The highest BCUT2D eigenvalue weighted by Gasteiger charge is 2.25. The monoisotopic (exact) mass is 245 g/mol. The maximum absolute atomic E-state index is 9.68. The number of anilines is 1. The average Bonchev–Trinajstić information content (AvgIpc) is 2.58. The van der Waals surface area contributed by atoms with Gasteiger partial charge in [0.15, 0.2) is 0 Å². The molecule has 1 aliphatic rings. The lowest BCUT2D eigenvalue weighted by atomic mass is 10.2. The van der Waals surface area contributed by atoms with Gasteiger partial charge in [0.1, 0.15) is 0 Å². The molecule has 0 unspecified atom stereocenters. The first-order valence-electron chi connectivity index (χ1n) is 5.07. The Balaban J connectivity index is 2.16. The van der Waals surface area contributed by atoms with Crippen molar-refractivity contribution in [2.24, 2.45) is 0 Å². The quantitative estimate of drug-likeness (QED) is 0.838. The zero-order valence-electron chi connectivity index (χ0n) is 8.21. The molecular weight excluding hydrogens is 233 g/mol. The van der Waals surface area contributed by atoms with Gasteiger partial charge in [-0.15, -0.1) is 0 Å². The van der Waals surface area contributed by atoms with Crippen LogP contribution in [0.4, 0.5) is 5.69 Å². The zero-order chi connectivity index (χ0) is 10.8. The second kappa shape index (κ2) is 4.60. The van der Waals surface area contributed by atoms with Gasteiger partial charge in [-0.1, -0.05) is 29.3 Å². The summed E-state index contributed by atoms with van der Waals surface area (Å²) < 4.78 is 0. The van der Waals surface area contributed by atoms with Crippen LogP contribution < -0.4 is 5.32 Å². The van der Waals surface area contributed by atoms with Crippen molar-refractivity contribution in [1.82, 2.24) is 0 Å². The minimum absolute atomic E-state index is 0.0717. The number of rotatable bonds is 2. The summed E-state index contributed by atoms with van der Waals surface area (Å²) in [6.45, 7) is 0. The lowest BCUT2D eigenvalue weighted by molar-refractivity contribution is 0.172. The van der Waals surface area contributed by atoms with Crippen LogP contribution in [-0.4, -0.2) is 17.3 Å². The van der Waals surface area contributed by atoms with Crippen molar-refractivity contribution in [1.29, 1.82) is 0 Å². The van der Waals surface area contributed by atoms with E-state index in [9.17, 15) is 5.11 Å². The summed E-state index contributed by atoms with van der Waals surface area (Å²) in [4.78, 5) is 0. The lowest BCUT2D eigenvalue weighted by Gasteiger charge is -2.19. The van der Waals surface area contributed by atoms with Gasteiger partial charge in [0.05, 0.1) is 27.9 Å². The Morgan fingerprint density at radius 2 is 1.87 bits per heavy atom. The third-order valence-corrected chi connectivity index (χ3v) is 3.40. The predicted octanol–water partition coefficient (Wildman–Crippen LogP) is 3.32. The lowest BCUT2D eigenvalue weighted by Crippen LogP contribution is -2.28. The number of halogens is 2. The molecule has 82 valence electrons. The van der Waals surface area contributed by atoms with E-state index in [2.05, 4.69) is 5.32 Å². The number of aliphatic hydroxyl groups excluding tert-OH is 1. The molecule has 1 saturated carbocycles. The van der Waals surface area contributed by atoms with Crippen molar-refractivity contribution >= 4 is 28.9 Å². The number of hydrogen-bond acceptors (Lipinski definition) is 2. The molecule has 2 N–H and O–H groups in total. The van der Waals surface area contributed by atoms with Gasteiger partial charge in [0, 0.05) is 0 Å². The molecule has 4 heteroatoms. The van der Waals surface area contributed by atoms with Crippen LogP contribution in [0, 0.1) is 0 Å². The fourth-order valence-corrected chi connectivity index (χ4v) is 2.44. The van der Waals surface area contributed by atoms with Crippen LogP contribution in [0.2, 0.25) is 10.0 Å². The normalized spacial score (nSPS) is 25.5. The molecular formula is C11H13Cl2NO. The summed E-state index contributed by atoms with van der Waals surface area (Å²) in [6.07, 6.45) is 2.56. The molecule has 2 nitrogen and oxygen atoms in total. The Bertz CT molecular complexity index is 336. The number of benzene rings is 1. The molecule has 0 aromatic heterocycles. The van der Waals surface area contributed by atoms with Crippen LogP contribution >= 0.6 is 23.2 Å². The minimum Gasteiger partial charge on any atom is -0.391 e. The van der Waals surface area contributed by atoms with Crippen LogP contribution in [0.3, 0.4) is 0 Å². The van der Waals surface area contributed by atoms with Gasteiger partial charge in [-0.3, -0.25) is 0 Å². The molecule has 2 atom stereocenters. The topological polar surface area (TPSA) is 32.3 Å². The largest absolute Gasteiger partial charge is 0.391 e. The second-order valence-corrected chi connectivity index (χ2v) is 4.66. The van der Waals surface area contributed by atoms with Crippen LogP contribution in [0.1, 0.15) is 19.3 Å². The van der Waals surface area contributed by atoms with Crippen molar-refractivity contribution in [3.8, 4) is 0 Å². The molecule has 15 heavy (non-hydrogen) atoms. The molecule has 0 saturated heterocycles. The van der Waals surface area contributed by atoms with Gasteiger partial charge < -0.3 is 10.4 Å². The summed E-state index contributed by atoms with van der Waals surface area (Å²) in [5.41, 5.74) is 0.729.